The summed E-state index contributed by atoms with van der Waals surface area (Å²) >= 11 is 0. The summed E-state index contributed by atoms with van der Waals surface area (Å²) in [6, 6.07) is -11.6. The van der Waals surface area contributed by atoms with E-state index < -0.39 is 153 Å². The van der Waals surface area contributed by atoms with Gasteiger partial charge >= 0.3 is 17.9 Å². The normalized spacial score (nSPS) is 16.4. The van der Waals surface area contributed by atoms with Gasteiger partial charge in [-0.25, -0.2) is 4.79 Å². The molecule has 384 valence electrons. The van der Waals surface area contributed by atoms with Gasteiger partial charge in [-0.1, -0.05) is 27.7 Å². The van der Waals surface area contributed by atoms with Crippen LogP contribution < -0.4 is 54.4 Å². The Labute approximate surface area is 391 Å². The Balaban J connectivity index is 3.24. The summed E-state index contributed by atoms with van der Waals surface area (Å²) in [4.78, 5) is 145. The first-order valence-corrected chi connectivity index (χ1v) is 21.9. The van der Waals surface area contributed by atoms with Crippen LogP contribution in [0.25, 0.3) is 0 Å². The smallest absolute Gasteiger partial charge is 0.326 e. The molecule has 0 saturated carbocycles. The molecule has 28 heteroatoms. The predicted molar refractivity (Wildman–Crippen MR) is 237 cm³/mol. The molecule has 1 saturated heterocycles. The molecule has 8 amide bonds. The topological polar surface area (TPSA) is 467 Å². The van der Waals surface area contributed by atoms with E-state index in [4.69, 9.17) is 27.4 Å². The van der Waals surface area contributed by atoms with Crippen molar-refractivity contribution in [3.63, 3.8) is 0 Å². The largest absolute Gasteiger partial charge is 0.481 e. The Morgan fingerprint density at radius 3 is 1.72 bits per heavy atom. The maximum absolute atomic E-state index is 14.2. The first-order chi connectivity index (χ1) is 31.8. The number of hydrogen-bond acceptors (Lipinski definition) is 15. The number of carboxylic acid groups (broad SMARTS) is 3. The van der Waals surface area contributed by atoms with E-state index in [0.29, 0.717) is 6.42 Å². The predicted octanol–water partition coefficient (Wildman–Crippen LogP) is -6.12. The Morgan fingerprint density at radius 2 is 1.18 bits per heavy atom. The highest BCUT2D eigenvalue weighted by molar-refractivity contribution is 5.98. The van der Waals surface area contributed by atoms with Gasteiger partial charge in [-0.15, -0.1) is 0 Å². The van der Waals surface area contributed by atoms with Gasteiger partial charge in [0.15, 0.2) is 5.96 Å². The lowest BCUT2D eigenvalue weighted by atomic mass is 10.0. The first kappa shape index (κ1) is 59.3. The number of carbonyl (C=O) groups is 11. The standard InChI is InChI=1S/C40H68N12O16/c1-19(2)13-24(48-32(60)21(41)15-31(58)59)35(63)50-27(18-54)36(64)47-22(7-5-11-44-40(42)43)34(62)49-25(14-20(3)4)38(66)52-12-6-8-28(52)37(65)51-26(17-53)33(61)45-16-29(55)46-23(39(67)68)9-10-30(56)57/h19-28,53-54H,5-18,41H2,1-4H3,(H,45,61)(H,46,55)(H,47,64)(H,48,60)(H,49,62)(H,50,63)(H,51,65)(H,56,57)(H,58,59)(H,67,68)(H4,42,43,44)/t21-,22-,23-,24-,25-,26-,27-,28-/m0/s1. The lowest BCUT2D eigenvalue weighted by Crippen LogP contribution is -2.60. The number of guanidine groups is 1. The number of carboxylic acids is 3. The van der Waals surface area contributed by atoms with Crippen molar-refractivity contribution in [3.8, 4) is 0 Å². The van der Waals surface area contributed by atoms with Crippen LogP contribution in [-0.2, 0) is 52.7 Å². The lowest BCUT2D eigenvalue weighted by Gasteiger charge is -2.31. The Hall–Kier alpha value is -6.68. The summed E-state index contributed by atoms with van der Waals surface area (Å²) in [5.41, 5.74) is 16.5. The highest BCUT2D eigenvalue weighted by Gasteiger charge is 2.40. The van der Waals surface area contributed by atoms with E-state index in [0.717, 1.165) is 0 Å². The fourth-order valence-electron chi connectivity index (χ4n) is 6.77. The number of aliphatic hydroxyl groups is 2. The zero-order valence-corrected chi connectivity index (χ0v) is 38.5. The third kappa shape index (κ3) is 21.7. The molecular weight excluding hydrogens is 905 g/mol. The van der Waals surface area contributed by atoms with Crippen molar-refractivity contribution in [1.29, 1.82) is 0 Å². The number of nitrogens with one attached hydrogen (secondary N) is 7. The molecule has 0 bridgehead atoms. The second kappa shape index (κ2) is 29.9. The van der Waals surface area contributed by atoms with Crippen molar-refractivity contribution in [2.45, 2.75) is 134 Å². The molecule has 1 aliphatic rings. The molecular formula is C40H68N12O16. The summed E-state index contributed by atoms with van der Waals surface area (Å²) in [5, 5.41) is 63.5. The fraction of sp³-hybridized carbons (Fsp3) is 0.700. The molecule has 0 aliphatic carbocycles. The highest BCUT2D eigenvalue weighted by Crippen LogP contribution is 2.21. The number of amides is 8. The van der Waals surface area contributed by atoms with Gasteiger partial charge < -0.3 is 84.9 Å². The van der Waals surface area contributed by atoms with E-state index >= 15 is 0 Å². The van der Waals surface area contributed by atoms with Crippen LogP contribution in [0.1, 0.15) is 85.5 Å². The van der Waals surface area contributed by atoms with Crippen molar-refractivity contribution < 1.29 is 78.3 Å². The van der Waals surface area contributed by atoms with E-state index in [1.54, 1.807) is 27.7 Å². The average molecular weight is 973 g/mol. The molecule has 0 unspecified atom stereocenters. The quantitative estimate of drug-likeness (QED) is 0.0175. The van der Waals surface area contributed by atoms with Gasteiger partial charge in [0.2, 0.25) is 47.3 Å². The molecule has 28 nitrogen and oxygen atoms in total. The fourth-order valence-corrected chi connectivity index (χ4v) is 6.77. The summed E-state index contributed by atoms with van der Waals surface area (Å²) in [7, 11) is 0. The van der Waals surface area contributed by atoms with Crippen molar-refractivity contribution in [2.75, 3.05) is 32.8 Å². The lowest BCUT2D eigenvalue weighted by molar-refractivity contribution is -0.143. The Kier molecular flexibility index (Phi) is 26.1. The van der Waals surface area contributed by atoms with Crippen LogP contribution in [0.2, 0.25) is 0 Å². The molecule has 8 atom stereocenters. The second-order valence-corrected chi connectivity index (χ2v) is 16.9. The minimum atomic E-state index is -1.69. The van der Waals surface area contributed by atoms with Crippen LogP contribution in [0.15, 0.2) is 4.99 Å². The third-order valence-corrected chi connectivity index (χ3v) is 10.1. The minimum Gasteiger partial charge on any atom is -0.481 e. The van der Waals surface area contributed by atoms with Crippen molar-refractivity contribution in [3.05, 3.63) is 0 Å². The third-order valence-electron chi connectivity index (χ3n) is 10.1. The molecule has 0 aromatic heterocycles. The number of rotatable bonds is 31. The molecule has 1 aliphatic heterocycles. The van der Waals surface area contributed by atoms with Gasteiger partial charge in [-0.2, -0.15) is 0 Å². The van der Waals surface area contributed by atoms with Gasteiger partial charge in [0.25, 0.3) is 0 Å². The summed E-state index contributed by atoms with van der Waals surface area (Å²) in [6.45, 7) is 4.24. The Bertz CT molecular complexity index is 1830. The van der Waals surface area contributed by atoms with Crippen LogP contribution in [-0.4, -0.2) is 183 Å². The number of nitrogens with zero attached hydrogens (tertiary/aromatic N) is 2. The zero-order chi connectivity index (χ0) is 51.8. The van der Waals surface area contributed by atoms with E-state index in [1.807, 2.05) is 0 Å². The van der Waals surface area contributed by atoms with Gasteiger partial charge in [0, 0.05) is 19.5 Å². The molecule has 1 heterocycles. The summed E-state index contributed by atoms with van der Waals surface area (Å²) < 4.78 is 0. The number of aliphatic imine (C=N–C) groups is 1. The van der Waals surface area contributed by atoms with Gasteiger partial charge in [0.05, 0.1) is 32.2 Å². The summed E-state index contributed by atoms with van der Waals surface area (Å²) in [5.74, 6) is -12.3. The van der Waals surface area contributed by atoms with Gasteiger partial charge in [0.1, 0.15) is 42.3 Å². The molecule has 68 heavy (non-hydrogen) atoms. The van der Waals surface area contributed by atoms with E-state index in [9.17, 15) is 68.1 Å². The number of hydrogen-bond donors (Lipinski definition) is 15. The maximum Gasteiger partial charge on any atom is 0.326 e. The van der Waals surface area contributed by atoms with Crippen molar-refractivity contribution >= 4 is 71.1 Å². The molecule has 0 aromatic carbocycles. The van der Waals surface area contributed by atoms with Crippen molar-refractivity contribution in [1.82, 2.24) is 42.1 Å². The Morgan fingerprint density at radius 1 is 0.647 bits per heavy atom. The van der Waals surface area contributed by atoms with Crippen LogP contribution in [0, 0.1) is 11.8 Å². The zero-order valence-electron chi connectivity index (χ0n) is 38.5. The maximum atomic E-state index is 14.2. The minimum absolute atomic E-state index is 0.00149. The van der Waals surface area contributed by atoms with Crippen LogP contribution in [0.5, 0.6) is 0 Å². The van der Waals surface area contributed by atoms with Crippen LogP contribution >= 0.6 is 0 Å². The average Bonchev–Trinajstić information content (AvgIpc) is 3.74. The van der Waals surface area contributed by atoms with E-state index in [1.165, 1.54) is 4.90 Å². The molecule has 1 rings (SSSR count). The number of nitrogens with two attached hydrogens (primary N) is 3. The van der Waals surface area contributed by atoms with Crippen LogP contribution in [0.4, 0.5) is 0 Å². The van der Waals surface area contributed by atoms with Crippen LogP contribution in [0.3, 0.4) is 0 Å². The highest BCUT2D eigenvalue weighted by atomic mass is 16.4. The molecule has 0 radical (unpaired) electrons. The summed E-state index contributed by atoms with van der Waals surface area (Å²) in [6.07, 6.45) is -1.31. The molecule has 1 fully saturated rings. The van der Waals surface area contributed by atoms with Gasteiger partial charge in [-0.05, 0) is 56.8 Å². The SMILES string of the molecule is CC(C)C[C@H](NC(=O)[C@@H](N)CC(=O)O)C(=O)N[C@@H](CO)C(=O)N[C@@H](CCCN=C(N)N)C(=O)N[C@@H](CC(C)C)C(=O)N1CCC[C@H]1C(=O)N[C@@H](CO)C(=O)NCC(=O)N[C@@H](CCC(=O)O)C(=O)O. The number of aliphatic hydroxyl groups excluding tert-OH is 2. The molecule has 0 aromatic rings. The molecule has 0 spiro atoms. The second-order valence-electron chi connectivity index (χ2n) is 16.9. The monoisotopic (exact) mass is 972 g/mol. The van der Waals surface area contributed by atoms with E-state index in [2.05, 4.69) is 42.2 Å². The number of aliphatic carboxylic acids is 3. The first-order valence-electron chi connectivity index (χ1n) is 21.9. The number of carbonyl (C=O) groups excluding carboxylic acids is 8. The van der Waals surface area contributed by atoms with Crippen molar-refractivity contribution in [2.24, 2.45) is 34.0 Å². The van der Waals surface area contributed by atoms with E-state index in [-0.39, 0.29) is 63.0 Å². The molecule has 18 N–H and O–H groups in total. The van der Waals surface area contributed by atoms with Gasteiger partial charge in [-0.3, -0.25) is 52.9 Å². The number of likely N-dealkylation sites (tertiary alicyclic amines) is 1.